The van der Waals surface area contributed by atoms with Crippen molar-refractivity contribution >= 4 is 43.2 Å². The van der Waals surface area contributed by atoms with E-state index in [1.165, 1.54) is 30.6 Å². The molecule has 0 saturated heterocycles. The van der Waals surface area contributed by atoms with E-state index < -0.39 is 10.0 Å². The maximum absolute atomic E-state index is 12.8. The summed E-state index contributed by atoms with van der Waals surface area (Å²) in [5.74, 6) is 0.581. The zero-order valence-electron chi connectivity index (χ0n) is 14.9. The number of sulfonamides is 1. The first kappa shape index (κ1) is 19.9. The van der Waals surface area contributed by atoms with Crippen molar-refractivity contribution in [2.24, 2.45) is 4.40 Å². The average molecular weight is 427 g/mol. The highest BCUT2D eigenvalue weighted by Gasteiger charge is 2.15. The summed E-state index contributed by atoms with van der Waals surface area (Å²) in [6, 6.07) is 11.6. The molecule has 6 nitrogen and oxygen atoms in total. The van der Waals surface area contributed by atoms with Gasteiger partial charge in [-0.2, -0.15) is 8.42 Å². The minimum absolute atomic E-state index is 0.107. The van der Waals surface area contributed by atoms with Gasteiger partial charge in [0.05, 0.1) is 28.8 Å². The molecule has 0 saturated carbocycles. The standard InChI is InChI=1S/C18H19ClN2O4S2/c1-3-25-11-10-21-16-9-4-13(19)12-17(16)26-18(21)20-27(22,23)15-7-5-14(24-2)6-8-15/h4-9,12H,3,10-11H2,1-2H3. The summed E-state index contributed by atoms with van der Waals surface area (Å²) in [5.41, 5.74) is 0.868. The van der Waals surface area contributed by atoms with Gasteiger partial charge in [0.15, 0.2) is 0 Å². The molecule has 2 aromatic carbocycles. The summed E-state index contributed by atoms with van der Waals surface area (Å²) in [5, 5.41) is 0.588. The first-order chi connectivity index (χ1) is 12.9. The third-order valence-corrected chi connectivity index (χ3v) is 6.54. The van der Waals surface area contributed by atoms with Crippen molar-refractivity contribution in [1.29, 1.82) is 0 Å². The number of hydrogen-bond acceptors (Lipinski definition) is 5. The Labute approximate surface area is 166 Å². The Balaban J connectivity index is 2.11. The number of hydrogen-bond donors (Lipinski definition) is 0. The van der Waals surface area contributed by atoms with Crippen LogP contribution in [0.1, 0.15) is 6.92 Å². The van der Waals surface area contributed by atoms with Crippen molar-refractivity contribution < 1.29 is 17.9 Å². The molecular weight excluding hydrogens is 408 g/mol. The van der Waals surface area contributed by atoms with Crippen LogP contribution >= 0.6 is 22.9 Å². The Hall–Kier alpha value is -1.87. The van der Waals surface area contributed by atoms with E-state index in [0.29, 0.717) is 35.3 Å². The summed E-state index contributed by atoms with van der Waals surface area (Å²) in [4.78, 5) is 0.484. The molecule has 144 valence electrons. The Morgan fingerprint density at radius 1 is 1.19 bits per heavy atom. The molecule has 0 amide bonds. The fourth-order valence-corrected chi connectivity index (χ4v) is 5.07. The lowest BCUT2D eigenvalue weighted by Crippen LogP contribution is -2.19. The van der Waals surface area contributed by atoms with E-state index >= 15 is 0 Å². The maximum atomic E-state index is 12.8. The highest BCUT2D eigenvalue weighted by atomic mass is 35.5. The van der Waals surface area contributed by atoms with Crippen molar-refractivity contribution in [3.8, 4) is 5.75 Å². The van der Waals surface area contributed by atoms with Gasteiger partial charge in [-0.15, -0.1) is 4.40 Å². The van der Waals surface area contributed by atoms with Crippen molar-refractivity contribution in [3.05, 3.63) is 52.3 Å². The van der Waals surface area contributed by atoms with Gasteiger partial charge >= 0.3 is 0 Å². The summed E-state index contributed by atoms with van der Waals surface area (Å²) in [6.07, 6.45) is 0. The predicted molar refractivity (Wildman–Crippen MR) is 107 cm³/mol. The van der Waals surface area contributed by atoms with Crippen LogP contribution in [0.3, 0.4) is 0 Å². The molecule has 0 atom stereocenters. The highest BCUT2D eigenvalue weighted by molar-refractivity contribution is 7.90. The third-order valence-electron chi connectivity index (χ3n) is 3.86. The largest absolute Gasteiger partial charge is 0.497 e. The lowest BCUT2D eigenvalue weighted by Gasteiger charge is -2.06. The Bertz CT molecular complexity index is 1100. The fourth-order valence-electron chi connectivity index (χ4n) is 2.54. The smallest absolute Gasteiger partial charge is 0.285 e. The molecular formula is C18H19ClN2O4S2. The van der Waals surface area contributed by atoms with Crippen molar-refractivity contribution in [2.75, 3.05) is 20.3 Å². The number of nitrogens with zero attached hydrogens (tertiary/aromatic N) is 2. The molecule has 3 aromatic rings. The number of ether oxygens (including phenoxy) is 2. The van der Waals surface area contributed by atoms with Gasteiger partial charge in [-0.25, -0.2) is 0 Å². The van der Waals surface area contributed by atoms with Crippen LogP contribution in [0, 0.1) is 0 Å². The van der Waals surface area contributed by atoms with Crippen LogP contribution in [-0.4, -0.2) is 33.3 Å². The number of methoxy groups -OCH3 is 1. The minimum atomic E-state index is -3.86. The van der Waals surface area contributed by atoms with E-state index in [0.717, 1.165) is 10.2 Å². The van der Waals surface area contributed by atoms with Gasteiger partial charge in [0.25, 0.3) is 10.0 Å². The maximum Gasteiger partial charge on any atom is 0.285 e. The number of rotatable bonds is 7. The molecule has 0 unspecified atom stereocenters. The molecule has 27 heavy (non-hydrogen) atoms. The van der Waals surface area contributed by atoms with Gasteiger partial charge < -0.3 is 14.0 Å². The topological polar surface area (TPSA) is 69.9 Å². The van der Waals surface area contributed by atoms with Gasteiger partial charge in [-0.3, -0.25) is 0 Å². The van der Waals surface area contributed by atoms with E-state index in [1.807, 2.05) is 17.6 Å². The summed E-state index contributed by atoms with van der Waals surface area (Å²) in [6.45, 7) is 3.45. The molecule has 0 aliphatic rings. The molecule has 0 aliphatic carbocycles. The molecule has 0 bridgehead atoms. The number of benzene rings is 2. The number of fused-ring (bicyclic) bond motifs is 1. The Morgan fingerprint density at radius 3 is 2.59 bits per heavy atom. The van der Waals surface area contributed by atoms with Gasteiger partial charge in [0.1, 0.15) is 5.75 Å². The van der Waals surface area contributed by atoms with Crippen LogP contribution in [0.4, 0.5) is 0 Å². The first-order valence-corrected chi connectivity index (χ1v) is 10.9. The Kier molecular flexibility index (Phi) is 6.21. The quantitative estimate of drug-likeness (QED) is 0.540. The van der Waals surface area contributed by atoms with E-state index in [2.05, 4.69) is 4.40 Å². The Morgan fingerprint density at radius 2 is 1.93 bits per heavy atom. The lowest BCUT2D eigenvalue weighted by molar-refractivity contribution is 0.139. The minimum Gasteiger partial charge on any atom is -0.497 e. The second-order valence-corrected chi connectivity index (χ2v) is 8.64. The molecule has 3 rings (SSSR count). The summed E-state index contributed by atoms with van der Waals surface area (Å²) >= 11 is 7.35. The molecule has 1 aromatic heterocycles. The van der Waals surface area contributed by atoms with E-state index in [4.69, 9.17) is 21.1 Å². The zero-order valence-corrected chi connectivity index (χ0v) is 17.3. The average Bonchev–Trinajstić information content (AvgIpc) is 2.97. The highest BCUT2D eigenvalue weighted by Crippen LogP contribution is 2.23. The van der Waals surface area contributed by atoms with Gasteiger partial charge in [-0.05, 0) is 49.4 Å². The number of halogens is 1. The first-order valence-electron chi connectivity index (χ1n) is 8.26. The second-order valence-electron chi connectivity index (χ2n) is 5.59. The predicted octanol–water partition coefficient (Wildman–Crippen LogP) is 3.69. The van der Waals surface area contributed by atoms with Crippen LogP contribution in [0.25, 0.3) is 10.2 Å². The van der Waals surface area contributed by atoms with Crippen LogP contribution in [0.2, 0.25) is 5.02 Å². The molecule has 1 heterocycles. The zero-order chi connectivity index (χ0) is 19.4. The molecule has 0 fully saturated rings. The van der Waals surface area contributed by atoms with Crippen LogP contribution < -0.4 is 9.54 Å². The molecule has 0 N–H and O–H groups in total. The normalized spacial score (nSPS) is 12.6. The van der Waals surface area contributed by atoms with Crippen LogP contribution in [0.15, 0.2) is 51.8 Å². The molecule has 9 heteroatoms. The van der Waals surface area contributed by atoms with E-state index in [-0.39, 0.29) is 4.90 Å². The molecule has 0 spiro atoms. The molecule has 0 aliphatic heterocycles. The van der Waals surface area contributed by atoms with Crippen molar-refractivity contribution in [2.45, 2.75) is 18.4 Å². The number of thiazole rings is 1. The lowest BCUT2D eigenvalue weighted by atomic mass is 10.3. The molecule has 0 radical (unpaired) electrons. The van der Waals surface area contributed by atoms with Crippen LogP contribution in [-0.2, 0) is 21.3 Å². The summed E-state index contributed by atoms with van der Waals surface area (Å²) < 4.78 is 42.8. The van der Waals surface area contributed by atoms with E-state index in [9.17, 15) is 8.42 Å². The third kappa shape index (κ3) is 4.52. The monoisotopic (exact) mass is 426 g/mol. The van der Waals surface area contributed by atoms with Gasteiger partial charge in [0.2, 0.25) is 4.80 Å². The van der Waals surface area contributed by atoms with Crippen molar-refractivity contribution in [1.82, 2.24) is 4.57 Å². The second kappa shape index (κ2) is 8.43. The summed E-state index contributed by atoms with van der Waals surface area (Å²) in [7, 11) is -2.34. The number of aromatic nitrogens is 1. The van der Waals surface area contributed by atoms with E-state index in [1.54, 1.807) is 24.3 Å². The van der Waals surface area contributed by atoms with Gasteiger partial charge in [-0.1, -0.05) is 22.9 Å². The SMILES string of the molecule is CCOCCn1c(=NS(=O)(=O)c2ccc(OC)cc2)sc2cc(Cl)ccc21. The van der Waals surface area contributed by atoms with Crippen molar-refractivity contribution in [3.63, 3.8) is 0 Å². The fraction of sp³-hybridized carbons (Fsp3) is 0.278. The van der Waals surface area contributed by atoms with Gasteiger partial charge in [0, 0.05) is 18.2 Å². The van der Waals surface area contributed by atoms with Crippen LogP contribution in [0.5, 0.6) is 5.75 Å².